The first-order valence-electron chi connectivity index (χ1n) is 9.99. The zero-order valence-corrected chi connectivity index (χ0v) is 18.2. The molecule has 0 radical (unpaired) electrons. The molecule has 164 valence electrons. The van der Waals surface area contributed by atoms with Crippen molar-refractivity contribution in [1.82, 2.24) is 4.90 Å². The first-order valence-corrected chi connectivity index (χ1v) is 9.99. The van der Waals surface area contributed by atoms with Gasteiger partial charge in [0.05, 0.1) is 25.8 Å². The van der Waals surface area contributed by atoms with Crippen LogP contribution in [-0.4, -0.2) is 56.2 Å². The molecular formula is C24H27NO6. The zero-order chi connectivity index (χ0) is 22.5. The highest BCUT2D eigenvalue weighted by molar-refractivity contribution is 6.46. The fourth-order valence-corrected chi connectivity index (χ4v) is 3.82. The van der Waals surface area contributed by atoms with Crippen LogP contribution in [0.5, 0.6) is 11.5 Å². The fraction of sp³-hybridized carbons (Fsp3) is 0.333. The maximum absolute atomic E-state index is 13.0. The molecule has 0 saturated carbocycles. The summed E-state index contributed by atoms with van der Waals surface area (Å²) in [5, 5.41) is 11.2. The van der Waals surface area contributed by atoms with E-state index in [0.29, 0.717) is 42.2 Å². The van der Waals surface area contributed by atoms with Crippen LogP contribution in [0.3, 0.4) is 0 Å². The van der Waals surface area contributed by atoms with Crippen LogP contribution in [0.15, 0.2) is 48.0 Å². The average Bonchev–Trinajstić information content (AvgIpc) is 3.03. The number of likely N-dealkylation sites (tertiary alicyclic amines) is 1. The summed E-state index contributed by atoms with van der Waals surface area (Å²) in [5.74, 6) is -0.325. The molecule has 7 heteroatoms. The molecule has 1 N–H and O–H groups in total. The fourth-order valence-electron chi connectivity index (χ4n) is 3.82. The lowest BCUT2D eigenvalue weighted by Crippen LogP contribution is -2.31. The van der Waals surface area contributed by atoms with Crippen molar-refractivity contribution in [3.05, 3.63) is 64.7 Å². The van der Waals surface area contributed by atoms with Gasteiger partial charge < -0.3 is 24.2 Å². The van der Waals surface area contributed by atoms with Gasteiger partial charge in [-0.05, 0) is 54.8 Å². The summed E-state index contributed by atoms with van der Waals surface area (Å²) < 4.78 is 15.7. The lowest BCUT2D eigenvalue weighted by molar-refractivity contribution is -0.140. The molecule has 1 saturated heterocycles. The van der Waals surface area contributed by atoms with Gasteiger partial charge in [-0.1, -0.05) is 12.1 Å². The summed E-state index contributed by atoms with van der Waals surface area (Å²) in [6, 6.07) is 11.6. The number of Topliss-reactive ketones (excluding diaryl/α,β-unsaturated/α-hetero) is 1. The number of hydrogen-bond acceptors (Lipinski definition) is 6. The summed E-state index contributed by atoms with van der Waals surface area (Å²) >= 11 is 0. The van der Waals surface area contributed by atoms with Gasteiger partial charge in [0.2, 0.25) is 0 Å². The number of carbonyl (C=O) groups is 2. The molecule has 0 aliphatic carbocycles. The molecule has 2 aromatic carbocycles. The molecule has 1 fully saturated rings. The molecule has 1 amide bonds. The maximum atomic E-state index is 13.0. The Labute approximate surface area is 181 Å². The van der Waals surface area contributed by atoms with Crippen molar-refractivity contribution < 1.29 is 28.9 Å². The van der Waals surface area contributed by atoms with Crippen LogP contribution < -0.4 is 9.47 Å². The van der Waals surface area contributed by atoms with Gasteiger partial charge in [-0.15, -0.1) is 0 Å². The molecule has 0 spiro atoms. The minimum absolute atomic E-state index is 0.0592. The van der Waals surface area contributed by atoms with Gasteiger partial charge in [0.15, 0.2) is 0 Å². The Hall–Kier alpha value is -3.32. The Balaban J connectivity index is 2.16. The minimum Gasteiger partial charge on any atom is -0.507 e. The largest absolute Gasteiger partial charge is 0.507 e. The number of rotatable bonds is 8. The van der Waals surface area contributed by atoms with Crippen LogP contribution in [0.4, 0.5) is 0 Å². The summed E-state index contributed by atoms with van der Waals surface area (Å²) in [7, 11) is 4.69. The second-order valence-corrected chi connectivity index (χ2v) is 7.30. The molecule has 1 heterocycles. The number of benzene rings is 2. The van der Waals surface area contributed by atoms with Crippen molar-refractivity contribution in [3.63, 3.8) is 0 Å². The number of aliphatic hydroxyl groups excluding tert-OH is 1. The molecule has 3 rings (SSSR count). The Morgan fingerprint density at radius 1 is 1.03 bits per heavy atom. The van der Waals surface area contributed by atoms with Gasteiger partial charge in [-0.2, -0.15) is 0 Å². The minimum atomic E-state index is -0.728. The topological polar surface area (TPSA) is 85.3 Å². The number of nitrogens with zero attached hydrogens (tertiary/aromatic N) is 1. The van der Waals surface area contributed by atoms with Crippen LogP contribution in [0.1, 0.15) is 29.2 Å². The summed E-state index contributed by atoms with van der Waals surface area (Å²) in [4.78, 5) is 27.4. The van der Waals surface area contributed by atoms with E-state index in [1.807, 2.05) is 13.0 Å². The van der Waals surface area contributed by atoms with E-state index >= 15 is 0 Å². The van der Waals surface area contributed by atoms with Gasteiger partial charge in [0.1, 0.15) is 17.3 Å². The summed E-state index contributed by atoms with van der Waals surface area (Å²) in [5.41, 5.74) is 1.95. The quantitative estimate of drug-likeness (QED) is 0.302. The number of methoxy groups -OCH3 is 3. The normalized spacial score (nSPS) is 17.8. The third kappa shape index (κ3) is 4.41. The van der Waals surface area contributed by atoms with E-state index in [-0.39, 0.29) is 11.3 Å². The first kappa shape index (κ1) is 22.4. The molecule has 2 aromatic rings. The van der Waals surface area contributed by atoms with E-state index in [4.69, 9.17) is 14.2 Å². The predicted octanol–water partition coefficient (Wildman–Crippen LogP) is 3.47. The van der Waals surface area contributed by atoms with E-state index in [9.17, 15) is 14.7 Å². The number of aliphatic hydroxyl groups is 1. The molecule has 1 aliphatic rings. The smallest absolute Gasteiger partial charge is 0.295 e. The molecule has 7 nitrogen and oxygen atoms in total. The van der Waals surface area contributed by atoms with Gasteiger partial charge in [-0.3, -0.25) is 9.59 Å². The Kier molecular flexibility index (Phi) is 6.97. The van der Waals surface area contributed by atoms with Gasteiger partial charge >= 0.3 is 0 Å². The highest BCUT2D eigenvalue weighted by Gasteiger charge is 2.46. The predicted molar refractivity (Wildman–Crippen MR) is 116 cm³/mol. The van der Waals surface area contributed by atoms with E-state index < -0.39 is 17.7 Å². The molecule has 1 unspecified atom stereocenters. The van der Waals surface area contributed by atoms with Crippen molar-refractivity contribution in [2.24, 2.45) is 0 Å². The molecule has 31 heavy (non-hydrogen) atoms. The van der Waals surface area contributed by atoms with E-state index in [2.05, 4.69) is 0 Å². The SMILES string of the molecule is COCCCN1C(=O)C(=O)/C(=C(\O)c2ccc(OC)cc2C)C1c1cccc(OC)c1. The number of carbonyl (C=O) groups excluding carboxylic acids is 2. The van der Waals surface area contributed by atoms with Crippen molar-refractivity contribution in [2.75, 3.05) is 34.5 Å². The van der Waals surface area contributed by atoms with Crippen LogP contribution >= 0.6 is 0 Å². The van der Waals surface area contributed by atoms with Crippen LogP contribution in [0, 0.1) is 6.92 Å². The average molecular weight is 425 g/mol. The van der Waals surface area contributed by atoms with Crippen LogP contribution in [-0.2, 0) is 14.3 Å². The van der Waals surface area contributed by atoms with Crippen molar-refractivity contribution >= 4 is 17.4 Å². The second-order valence-electron chi connectivity index (χ2n) is 7.30. The van der Waals surface area contributed by atoms with Crippen LogP contribution in [0.25, 0.3) is 5.76 Å². The molecule has 0 aromatic heterocycles. The number of ketones is 1. The van der Waals surface area contributed by atoms with E-state index in [0.717, 1.165) is 5.56 Å². The summed E-state index contributed by atoms with van der Waals surface area (Å²) in [6.07, 6.45) is 0.561. The van der Waals surface area contributed by atoms with Crippen molar-refractivity contribution in [2.45, 2.75) is 19.4 Å². The third-order valence-corrected chi connectivity index (χ3v) is 5.39. The number of ether oxygens (including phenoxy) is 3. The third-order valence-electron chi connectivity index (χ3n) is 5.39. The molecule has 0 bridgehead atoms. The van der Waals surface area contributed by atoms with Gasteiger partial charge in [0.25, 0.3) is 11.7 Å². The van der Waals surface area contributed by atoms with Crippen molar-refractivity contribution in [3.8, 4) is 11.5 Å². The van der Waals surface area contributed by atoms with E-state index in [1.54, 1.807) is 57.7 Å². The standard InChI is InChI=1S/C24H27NO6/c1-15-13-18(31-4)9-10-19(15)22(26)20-21(16-7-5-8-17(14-16)30-3)25(11-6-12-29-2)24(28)23(20)27/h5,7-10,13-14,21,26H,6,11-12H2,1-4H3/b22-20-. The summed E-state index contributed by atoms with van der Waals surface area (Å²) in [6.45, 7) is 2.58. The lowest BCUT2D eigenvalue weighted by Gasteiger charge is -2.25. The second kappa shape index (κ2) is 9.66. The Bertz CT molecular complexity index is 1010. The van der Waals surface area contributed by atoms with Crippen LogP contribution in [0.2, 0.25) is 0 Å². The van der Waals surface area contributed by atoms with Gasteiger partial charge in [-0.25, -0.2) is 0 Å². The van der Waals surface area contributed by atoms with Crippen molar-refractivity contribution in [1.29, 1.82) is 0 Å². The highest BCUT2D eigenvalue weighted by Crippen LogP contribution is 2.41. The Morgan fingerprint density at radius 3 is 2.39 bits per heavy atom. The molecule has 1 aliphatic heterocycles. The number of amides is 1. The van der Waals surface area contributed by atoms with Gasteiger partial charge in [0, 0.05) is 25.8 Å². The number of aryl methyl sites for hydroxylation is 1. The molecule has 1 atom stereocenters. The maximum Gasteiger partial charge on any atom is 0.295 e. The van der Waals surface area contributed by atoms with E-state index in [1.165, 1.54) is 4.90 Å². The highest BCUT2D eigenvalue weighted by atomic mass is 16.5. The monoisotopic (exact) mass is 425 g/mol. The first-order chi connectivity index (χ1) is 14.9. The number of hydrogen-bond donors (Lipinski definition) is 1. The Morgan fingerprint density at radius 2 is 1.74 bits per heavy atom. The molecular weight excluding hydrogens is 398 g/mol. The lowest BCUT2D eigenvalue weighted by atomic mass is 9.93. The zero-order valence-electron chi connectivity index (χ0n) is 18.2.